The molecule has 0 spiro atoms. The van der Waals surface area contributed by atoms with Gasteiger partial charge in [-0.1, -0.05) is 12.1 Å². The summed E-state index contributed by atoms with van der Waals surface area (Å²) in [6.07, 6.45) is 2.76. The number of anilines is 2. The normalized spacial score (nSPS) is 19.3. The first-order chi connectivity index (χ1) is 20.2. The molecule has 2 aliphatic heterocycles. The molecule has 2 amide bonds. The number of rotatable bonds is 5. The fourth-order valence-corrected chi connectivity index (χ4v) is 5.58. The molecule has 42 heavy (non-hydrogen) atoms. The summed E-state index contributed by atoms with van der Waals surface area (Å²) in [7, 11) is 0. The van der Waals surface area contributed by atoms with Crippen molar-refractivity contribution in [1.82, 2.24) is 24.3 Å². The van der Waals surface area contributed by atoms with Crippen LogP contribution in [0.2, 0.25) is 0 Å². The second-order valence-corrected chi connectivity index (χ2v) is 10.4. The molecule has 0 saturated carbocycles. The first kappa shape index (κ1) is 27.6. The summed E-state index contributed by atoms with van der Waals surface area (Å²) in [5.41, 5.74) is 7.48. The molecule has 13 heteroatoms. The van der Waals surface area contributed by atoms with Crippen LogP contribution in [0.3, 0.4) is 0 Å². The van der Waals surface area contributed by atoms with Crippen LogP contribution in [-0.4, -0.2) is 61.9 Å². The molecule has 0 radical (unpaired) electrons. The average molecular weight is 580 g/mol. The second kappa shape index (κ2) is 11.0. The smallest absolute Gasteiger partial charge is 0.382 e. The van der Waals surface area contributed by atoms with E-state index >= 15 is 0 Å². The van der Waals surface area contributed by atoms with E-state index < -0.39 is 17.6 Å². The second-order valence-electron chi connectivity index (χ2n) is 10.4. The summed E-state index contributed by atoms with van der Waals surface area (Å²) in [4.78, 5) is 40.7. The Hall–Kier alpha value is -4.52. The number of alkyl halides is 3. The monoisotopic (exact) mass is 579 g/mol. The summed E-state index contributed by atoms with van der Waals surface area (Å²) in [6, 6.07) is 8.11. The Morgan fingerprint density at radius 2 is 1.86 bits per heavy atom. The van der Waals surface area contributed by atoms with Crippen LogP contribution in [0.5, 0.6) is 0 Å². The number of halogens is 3. The predicted octanol–water partition coefficient (Wildman–Crippen LogP) is 4.53. The first-order valence-electron chi connectivity index (χ1n) is 13.7. The number of aromatic nitrogens is 4. The number of carbonyl (C=O) groups excluding carboxylic acids is 2. The van der Waals surface area contributed by atoms with Gasteiger partial charge >= 0.3 is 6.18 Å². The lowest BCUT2D eigenvalue weighted by Gasteiger charge is -2.33. The van der Waals surface area contributed by atoms with Gasteiger partial charge in [-0.2, -0.15) is 13.2 Å². The Balaban J connectivity index is 1.25. The van der Waals surface area contributed by atoms with Crippen LogP contribution in [0.15, 0.2) is 55.0 Å². The van der Waals surface area contributed by atoms with Crippen LogP contribution in [0.4, 0.5) is 24.8 Å². The third-order valence-electron chi connectivity index (χ3n) is 7.66. The molecule has 0 aliphatic carbocycles. The Labute approximate surface area is 238 Å². The van der Waals surface area contributed by atoms with Gasteiger partial charge < -0.3 is 20.7 Å². The summed E-state index contributed by atoms with van der Waals surface area (Å²) in [5.74, 6) is 0.221. The van der Waals surface area contributed by atoms with Gasteiger partial charge in [0.2, 0.25) is 0 Å². The summed E-state index contributed by atoms with van der Waals surface area (Å²) >= 11 is 0. The standard InChI is InChI=1S/C29H28F3N7O3/c30-29(31,32)20-9-10-34-22(15-20)36-27(40)18-7-5-17(6-8-18)23-24-25(33)35-11-13-39(24)26(37-23)19-3-1-12-38(16-19)28(41)21-4-2-14-42-21/h5-11,13,15,19,21H,1-4,12,14,16H2,(H2,33,35)(H,34,36,40). The lowest BCUT2D eigenvalue weighted by Crippen LogP contribution is -2.44. The number of piperidine rings is 1. The van der Waals surface area contributed by atoms with E-state index in [1.54, 1.807) is 36.7 Å². The highest BCUT2D eigenvalue weighted by atomic mass is 19.4. The zero-order valence-corrected chi connectivity index (χ0v) is 22.5. The molecule has 2 atom stereocenters. The van der Waals surface area contributed by atoms with E-state index in [0.29, 0.717) is 36.5 Å². The number of ether oxygens (including phenoxy) is 1. The molecule has 0 bridgehead atoms. The molecule has 2 aliphatic rings. The number of amides is 2. The lowest BCUT2D eigenvalue weighted by molar-refractivity contribution is -0.142. The van der Waals surface area contributed by atoms with Crippen LogP contribution in [0, 0.1) is 0 Å². The first-order valence-corrected chi connectivity index (χ1v) is 13.7. The molecule has 1 aromatic carbocycles. The van der Waals surface area contributed by atoms with Crippen molar-refractivity contribution in [2.75, 3.05) is 30.7 Å². The third kappa shape index (κ3) is 5.39. The molecular weight excluding hydrogens is 551 g/mol. The number of nitrogens with two attached hydrogens (primary N) is 1. The number of fused-ring (bicyclic) bond motifs is 1. The van der Waals surface area contributed by atoms with Gasteiger partial charge in [0, 0.05) is 55.3 Å². The van der Waals surface area contributed by atoms with Gasteiger partial charge in [0.15, 0.2) is 0 Å². The fourth-order valence-electron chi connectivity index (χ4n) is 5.58. The molecule has 2 unspecified atom stereocenters. The largest absolute Gasteiger partial charge is 0.416 e. The maximum Gasteiger partial charge on any atom is 0.416 e. The van der Waals surface area contributed by atoms with Gasteiger partial charge in [0.25, 0.3) is 11.8 Å². The van der Waals surface area contributed by atoms with E-state index in [0.717, 1.165) is 49.8 Å². The van der Waals surface area contributed by atoms with Crippen molar-refractivity contribution in [2.45, 2.75) is 43.9 Å². The van der Waals surface area contributed by atoms with Crippen molar-refractivity contribution in [3.63, 3.8) is 0 Å². The van der Waals surface area contributed by atoms with Crippen LogP contribution >= 0.6 is 0 Å². The number of carbonyl (C=O) groups is 2. The van der Waals surface area contributed by atoms with E-state index in [1.807, 2.05) is 9.30 Å². The predicted molar refractivity (Wildman–Crippen MR) is 148 cm³/mol. The summed E-state index contributed by atoms with van der Waals surface area (Å²) in [6.45, 7) is 1.80. The van der Waals surface area contributed by atoms with Crippen molar-refractivity contribution < 1.29 is 27.5 Å². The number of nitrogens with zero attached hydrogens (tertiary/aromatic N) is 5. The minimum atomic E-state index is -4.55. The Morgan fingerprint density at radius 3 is 2.60 bits per heavy atom. The number of likely N-dealkylation sites (tertiary alicyclic amines) is 1. The van der Waals surface area contributed by atoms with E-state index in [4.69, 9.17) is 15.5 Å². The average Bonchev–Trinajstić information content (AvgIpc) is 3.66. The molecule has 10 nitrogen and oxygen atoms in total. The molecule has 2 fully saturated rings. The topological polar surface area (TPSA) is 128 Å². The van der Waals surface area contributed by atoms with Gasteiger partial charge in [-0.3, -0.25) is 14.0 Å². The number of hydrogen-bond acceptors (Lipinski definition) is 7. The van der Waals surface area contributed by atoms with Crippen LogP contribution in [0.1, 0.15) is 53.3 Å². The number of nitrogen functional groups attached to an aromatic ring is 1. The van der Waals surface area contributed by atoms with Gasteiger partial charge in [-0.05, 0) is 49.9 Å². The van der Waals surface area contributed by atoms with E-state index in [2.05, 4.69) is 15.3 Å². The van der Waals surface area contributed by atoms with Crippen molar-refractivity contribution in [3.05, 3.63) is 71.9 Å². The minimum absolute atomic E-state index is 0.0219. The molecular formula is C29H28F3N7O3. The summed E-state index contributed by atoms with van der Waals surface area (Å²) < 4.78 is 46.6. The van der Waals surface area contributed by atoms with Gasteiger partial charge in [0.05, 0.1) is 5.56 Å². The molecule has 5 heterocycles. The molecule has 2 saturated heterocycles. The SMILES string of the molecule is Nc1nccn2c(C3CCCN(C(=O)C4CCCO4)C3)nc(-c3ccc(C(=O)Nc4cc(C(F)(F)F)ccn4)cc3)c12. The zero-order chi connectivity index (χ0) is 29.4. The van der Waals surface area contributed by atoms with Crippen molar-refractivity contribution >= 4 is 29.0 Å². The molecule has 6 rings (SSSR count). The molecule has 218 valence electrons. The van der Waals surface area contributed by atoms with Gasteiger partial charge in [0.1, 0.15) is 34.8 Å². The van der Waals surface area contributed by atoms with E-state index in [1.165, 1.54) is 0 Å². The Bertz CT molecular complexity index is 1630. The quantitative estimate of drug-likeness (QED) is 0.356. The number of imidazole rings is 1. The lowest BCUT2D eigenvalue weighted by atomic mass is 9.96. The summed E-state index contributed by atoms with van der Waals surface area (Å²) in [5, 5.41) is 2.41. The number of pyridine rings is 1. The minimum Gasteiger partial charge on any atom is -0.382 e. The zero-order valence-electron chi connectivity index (χ0n) is 22.5. The molecule has 3 aromatic heterocycles. The molecule has 3 N–H and O–H groups in total. The number of benzene rings is 1. The Morgan fingerprint density at radius 1 is 1.05 bits per heavy atom. The van der Waals surface area contributed by atoms with Gasteiger partial charge in [-0.15, -0.1) is 0 Å². The van der Waals surface area contributed by atoms with Crippen LogP contribution < -0.4 is 11.1 Å². The van der Waals surface area contributed by atoms with E-state index in [9.17, 15) is 22.8 Å². The third-order valence-corrected chi connectivity index (χ3v) is 7.66. The fraction of sp³-hybridized carbons (Fsp3) is 0.345. The maximum absolute atomic E-state index is 13.0. The van der Waals surface area contributed by atoms with Crippen LogP contribution in [-0.2, 0) is 15.7 Å². The highest BCUT2D eigenvalue weighted by Gasteiger charge is 2.34. The van der Waals surface area contributed by atoms with E-state index in [-0.39, 0.29) is 35.1 Å². The van der Waals surface area contributed by atoms with Crippen molar-refractivity contribution in [2.24, 2.45) is 0 Å². The number of hydrogen-bond donors (Lipinski definition) is 2. The van der Waals surface area contributed by atoms with Crippen LogP contribution in [0.25, 0.3) is 16.8 Å². The highest BCUT2D eigenvalue weighted by molar-refractivity contribution is 6.04. The molecule has 4 aromatic rings. The Kier molecular flexibility index (Phi) is 7.27. The van der Waals surface area contributed by atoms with Crippen molar-refractivity contribution in [1.29, 1.82) is 0 Å². The van der Waals surface area contributed by atoms with Crippen molar-refractivity contribution in [3.8, 4) is 11.3 Å². The highest BCUT2D eigenvalue weighted by Crippen LogP contribution is 2.35. The number of nitrogens with one attached hydrogen (secondary N) is 1. The van der Waals surface area contributed by atoms with Gasteiger partial charge in [-0.25, -0.2) is 15.0 Å². The maximum atomic E-state index is 13.0.